The fraction of sp³-hybridized carbons (Fsp3) is 0.375. The van der Waals surface area contributed by atoms with Crippen molar-refractivity contribution in [3.8, 4) is 0 Å². The zero-order chi connectivity index (χ0) is 24.9. The van der Waals surface area contributed by atoms with E-state index in [9.17, 15) is 22.8 Å². The van der Waals surface area contributed by atoms with Crippen molar-refractivity contribution in [2.24, 2.45) is 5.73 Å². The topological polar surface area (TPSA) is 96.2 Å². The highest BCUT2D eigenvalue weighted by Crippen LogP contribution is 2.29. The van der Waals surface area contributed by atoms with Crippen LogP contribution in [0.15, 0.2) is 48.5 Å². The molecule has 2 aromatic rings. The van der Waals surface area contributed by atoms with Crippen LogP contribution in [0.25, 0.3) is 0 Å². The largest absolute Gasteiger partial charge is 0.416 e. The highest BCUT2D eigenvalue weighted by atomic mass is 32.1. The Balaban J connectivity index is 1.58. The van der Waals surface area contributed by atoms with Crippen LogP contribution >= 0.6 is 12.2 Å². The van der Waals surface area contributed by atoms with Crippen molar-refractivity contribution in [1.29, 1.82) is 0 Å². The van der Waals surface area contributed by atoms with Gasteiger partial charge in [-0.1, -0.05) is 48.1 Å². The SMILES string of the molecule is Cc1ccc(C(=S)NC2C(N)CCCC2NC(=O)CNC(=O)c2cccc(C(F)(F)F)c2)cc1. The number of carbonyl (C=O) groups excluding carboxylic acids is 2. The number of benzene rings is 2. The normalized spacial score (nSPS) is 20.3. The molecule has 3 rings (SSSR count). The Bertz CT molecular complexity index is 1040. The molecule has 0 radical (unpaired) electrons. The molecule has 0 aromatic heterocycles. The maximum Gasteiger partial charge on any atom is 0.416 e. The van der Waals surface area contributed by atoms with E-state index in [0.717, 1.165) is 42.2 Å². The Morgan fingerprint density at radius 2 is 1.76 bits per heavy atom. The third kappa shape index (κ3) is 6.77. The summed E-state index contributed by atoms with van der Waals surface area (Å²) < 4.78 is 38.6. The fourth-order valence-electron chi connectivity index (χ4n) is 3.90. The van der Waals surface area contributed by atoms with Gasteiger partial charge in [-0.25, -0.2) is 0 Å². The van der Waals surface area contributed by atoms with Crippen LogP contribution in [0.1, 0.15) is 46.3 Å². The number of halogens is 3. The minimum atomic E-state index is -4.56. The molecule has 0 aliphatic heterocycles. The molecule has 0 heterocycles. The highest BCUT2D eigenvalue weighted by Gasteiger charge is 2.33. The van der Waals surface area contributed by atoms with Gasteiger partial charge in [0.1, 0.15) is 4.99 Å². The van der Waals surface area contributed by atoms with E-state index in [1.807, 2.05) is 31.2 Å². The van der Waals surface area contributed by atoms with Gasteiger partial charge in [0, 0.05) is 17.2 Å². The average molecular weight is 493 g/mol. The van der Waals surface area contributed by atoms with Crippen molar-refractivity contribution in [3.05, 3.63) is 70.8 Å². The molecule has 6 nitrogen and oxygen atoms in total. The molecule has 3 atom stereocenters. The van der Waals surface area contributed by atoms with Crippen molar-refractivity contribution >= 4 is 29.0 Å². The molecule has 5 N–H and O–H groups in total. The van der Waals surface area contributed by atoms with Crippen LogP contribution in [-0.4, -0.2) is 41.5 Å². The zero-order valence-electron chi connectivity index (χ0n) is 18.6. The van der Waals surface area contributed by atoms with Gasteiger partial charge in [0.2, 0.25) is 5.91 Å². The Hall–Kier alpha value is -2.98. The minimum Gasteiger partial charge on any atom is -0.369 e. The first-order valence-corrected chi connectivity index (χ1v) is 11.3. The third-order valence-corrected chi connectivity index (χ3v) is 6.12. The molecule has 10 heteroatoms. The summed E-state index contributed by atoms with van der Waals surface area (Å²) in [6.45, 7) is 1.60. The van der Waals surface area contributed by atoms with Gasteiger partial charge in [-0.05, 0) is 44.4 Å². The van der Waals surface area contributed by atoms with Crippen LogP contribution in [0.3, 0.4) is 0 Å². The van der Waals surface area contributed by atoms with Crippen LogP contribution in [0.2, 0.25) is 0 Å². The van der Waals surface area contributed by atoms with E-state index in [0.29, 0.717) is 11.4 Å². The third-order valence-electron chi connectivity index (χ3n) is 5.77. The Labute approximate surface area is 201 Å². The molecule has 34 heavy (non-hydrogen) atoms. The average Bonchev–Trinajstić information content (AvgIpc) is 2.79. The summed E-state index contributed by atoms with van der Waals surface area (Å²) in [6, 6.07) is 10.9. The van der Waals surface area contributed by atoms with Gasteiger partial charge < -0.3 is 21.7 Å². The summed E-state index contributed by atoms with van der Waals surface area (Å²) in [5.41, 5.74) is 7.15. The Morgan fingerprint density at radius 3 is 2.44 bits per heavy atom. The molecule has 2 aromatic carbocycles. The zero-order valence-corrected chi connectivity index (χ0v) is 19.4. The predicted molar refractivity (Wildman–Crippen MR) is 127 cm³/mol. The summed E-state index contributed by atoms with van der Waals surface area (Å²) >= 11 is 5.52. The van der Waals surface area contributed by atoms with Crippen molar-refractivity contribution < 1.29 is 22.8 Å². The number of aryl methyl sites for hydroxylation is 1. The maximum absolute atomic E-state index is 12.9. The molecule has 0 bridgehead atoms. The number of amides is 2. The van der Waals surface area contributed by atoms with Crippen LogP contribution < -0.4 is 21.7 Å². The van der Waals surface area contributed by atoms with E-state index in [1.165, 1.54) is 6.07 Å². The smallest absolute Gasteiger partial charge is 0.369 e. The van der Waals surface area contributed by atoms with Crippen molar-refractivity contribution in [2.75, 3.05) is 6.54 Å². The second-order valence-electron chi connectivity index (χ2n) is 8.40. The lowest BCUT2D eigenvalue weighted by Crippen LogP contribution is -2.62. The van der Waals surface area contributed by atoms with E-state index < -0.39 is 23.6 Å². The van der Waals surface area contributed by atoms with E-state index in [-0.39, 0.29) is 30.2 Å². The van der Waals surface area contributed by atoms with Gasteiger partial charge >= 0.3 is 6.18 Å². The second-order valence-corrected chi connectivity index (χ2v) is 8.80. The molecular weight excluding hydrogens is 465 g/mol. The number of hydrogen-bond donors (Lipinski definition) is 4. The number of rotatable bonds is 6. The second kappa shape index (κ2) is 11.0. The molecule has 2 amide bonds. The van der Waals surface area contributed by atoms with E-state index in [4.69, 9.17) is 18.0 Å². The molecule has 1 fully saturated rings. The molecule has 0 spiro atoms. The first-order chi connectivity index (χ1) is 16.0. The number of nitrogens with two attached hydrogens (primary N) is 1. The lowest BCUT2D eigenvalue weighted by atomic mass is 9.86. The fourth-order valence-corrected chi connectivity index (χ4v) is 4.17. The summed E-state index contributed by atoms with van der Waals surface area (Å²) in [5, 5.41) is 8.51. The van der Waals surface area contributed by atoms with E-state index in [1.54, 1.807) is 0 Å². The molecular formula is C24H27F3N4O2S. The molecule has 0 saturated heterocycles. The van der Waals surface area contributed by atoms with Crippen LogP contribution in [0, 0.1) is 6.92 Å². The summed E-state index contributed by atoms with van der Waals surface area (Å²) in [6.07, 6.45) is -2.30. The molecule has 1 saturated carbocycles. The van der Waals surface area contributed by atoms with Gasteiger partial charge in [-0.3, -0.25) is 9.59 Å². The van der Waals surface area contributed by atoms with Gasteiger partial charge in [-0.2, -0.15) is 13.2 Å². The molecule has 3 unspecified atom stereocenters. The number of thiocarbonyl (C=S) groups is 1. The Kier molecular flexibility index (Phi) is 8.27. The van der Waals surface area contributed by atoms with Crippen LogP contribution in [0.5, 0.6) is 0 Å². The maximum atomic E-state index is 12.9. The quantitative estimate of drug-likeness (QED) is 0.465. The standard InChI is InChI=1S/C24H27F3N4O2S/c1-14-8-10-15(11-9-14)23(34)31-21-18(28)6-3-7-19(21)30-20(32)13-29-22(33)16-4-2-5-17(12-16)24(25,26)27/h2,4-5,8-12,18-19,21H,3,6-7,13,28H2,1H3,(H,29,33)(H,30,32)(H,31,34). The summed E-state index contributed by atoms with van der Waals surface area (Å²) in [7, 11) is 0. The first-order valence-electron chi connectivity index (χ1n) is 10.9. The first kappa shape index (κ1) is 25.6. The van der Waals surface area contributed by atoms with Crippen LogP contribution in [-0.2, 0) is 11.0 Å². The summed E-state index contributed by atoms with van der Waals surface area (Å²) in [5.74, 6) is -1.23. The summed E-state index contributed by atoms with van der Waals surface area (Å²) in [4.78, 5) is 25.3. The number of alkyl halides is 3. The van der Waals surface area contributed by atoms with Crippen molar-refractivity contribution in [1.82, 2.24) is 16.0 Å². The number of nitrogens with one attached hydrogen (secondary N) is 3. The molecule has 1 aliphatic rings. The van der Waals surface area contributed by atoms with Crippen molar-refractivity contribution in [3.63, 3.8) is 0 Å². The lowest BCUT2D eigenvalue weighted by molar-refractivity contribution is -0.137. The van der Waals surface area contributed by atoms with E-state index >= 15 is 0 Å². The molecule has 1 aliphatic carbocycles. The lowest BCUT2D eigenvalue weighted by Gasteiger charge is -2.38. The Morgan fingerprint density at radius 1 is 1.06 bits per heavy atom. The highest BCUT2D eigenvalue weighted by molar-refractivity contribution is 7.80. The van der Waals surface area contributed by atoms with Gasteiger partial charge in [0.05, 0.1) is 24.2 Å². The van der Waals surface area contributed by atoms with Crippen molar-refractivity contribution in [2.45, 2.75) is 50.5 Å². The van der Waals surface area contributed by atoms with Crippen LogP contribution in [0.4, 0.5) is 13.2 Å². The minimum absolute atomic E-state index is 0.176. The van der Waals surface area contributed by atoms with Gasteiger partial charge in [-0.15, -0.1) is 0 Å². The number of hydrogen-bond acceptors (Lipinski definition) is 4. The molecule has 182 valence electrons. The number of carbonyl (C=O) groups is 2. The van der Waals surface area contributed by atoms with E-state index in [2.05, 4.69) is 16.0 Å². The predicted octanol–water partition coefficient (Wildman–Crippen LogP) is 3.07. The van der Waals surface area contributed by atoms with Gasteiger partial charge in [0.25, 0.3) is 5.91 Å². The monoisotopic (exact) mass is 492 g/mol. The van der Waals surface area contributed by atoms with Gasteiger partial charge in [0.15, 0.2) is 0 Å².